The van der Waals surface area contributed by atoms with E-state index in [1.54, 1.807) is 0 Å². The Morgan fingerprint density at radius 1 is 1.10 bits per heavy atom. The lowest BCUT2D eigenvalue weighted by Crippen LogP contribution is -2.18. The van der Waals surface area contributed by atoms with Crippen LogP contribution in [0.4, 0.5) is 0 Å². The molecule has 4 atom stereocenters. The van der Waals surface area contributed by atoms with Gasteiger partial charge < -0.3 is 4.52 Å². The fourth-order valence-corrected chi connectivity index (χ4v) is 7.47. The van der Waals surface area contributed by atoms with Gasteiger partial charge in [0.1, 0.15) is 8.30 Å². The molecule has 2 heterocycles. The maximum Gasteiger partial charge on any atom is 0.108 e. The molecule has 3 fully saturated rings. The standard InChI is InChI=1S/C16H21BrNOP/c17-14-8-2-1-6-12(14)16-13-7-5-9-15(13)20(19-16)18-10-3-4-11-18/h1-2,6,8,13,15-16H,3-5,7,9-11H2/t13?,15?,16-,20?/m0/s1. The van der Waals surface area contributed by atoms with E-state index < -0.39 is 0 Å². The molecule has 0 aromatic heterocycles. The van der Waals surface area contributed by atoms with Gasteiger partial charge in [-0.3, -0.25) is 4.67 Å². The molecule has 2 saturated heterocycles. The molecule has 1 aliphatic carbocycles. The van der Waals surface area contributed by atoms with Crippen molar-refractivity contribution in [1.29, 1.82) is 0 Å². The van der Waals surface area contributed by atoms with Crippen LogP contribution in [-0.4, -0.2) is 23.4 Å². The van der Waals surface area contributed by atoms with E-state index in [0.717, 1.165) is 11.6 Å². The number of halogens is 1. The second-order valence-electron chi connectivity index (χ2n) is 6.17. The van der Waals surface area contributed by atoms with Crippen molar-refractivity contribution in [3.8, 4) is 0 Å². The third-order valence-electron chi connectivity index (χ3n) is 5.00. The second-order valence-corrected chi connectivity index (χ2v) is 9.07. The molecule has 1 saturated carbocycles. The predicted molar refractivity (Wildman–Crippen MR) is 86.8 cm³/mol. The maximum atomic E-state index is 6.64. The molecule has 3 aliphatic rings. The third kappa shape index (κ3) is 2.27. The molecule has 20 heavy (non-hydrogen) atoms. The van der Waals surface area contributed by atoms with E-state index in [0.29, 0.717) is 6.10 Å². The number of nitrogens with zero attached hydrogens (tertiary/aromatic N) is 1. The Bertz CT molecular complexity index is 491. The summed E-state index contributed by atoms with van der Waals surface area (Å²) in [7, 11) is -0.349. The molecule has 0 radical (unpaired) electrons. The summed E-state index contributed by atoms with van der Waals surface area (Å²) in [5, 5.41) is 0. The molecule has 0 bridgehead atoms. The van der Waals surface area contributed by atoms with Gasteiger partial charge in [-0.25, -0.2) is 0 Å². The van der Waals surface area contributed by atoms with Gasteiger partial charge >= 0.3 is 0 Å². The van der Waals surface area contributed by atoms with Gasteiger partial charge in [0, 0.05) is 23.2 Å². The molecule has 0 N–H and O–H groups in total. The molecule has 4 heteroatoms. The molecule has 0 amide bonds. The highest BCUT2D eigenvalue weighted by Crippen LogP contribution is 2.67. The van der Waals surface area contributed by atoms with Crippen LogP contribution < -0.4 is 0 Å². The Morgan fingerprint density at radius 3 is 2.70 bits per heavy atom. The number of hydrogen-bond donors (Lipinski definition) is 0. The quantitative estimate of drug-likeness (QED) is 0.686. The van der Waals surface area contributed by atoms with Crippen LogP contribution in [-0.2, 0) is 4.52 Å². The lowest BCUT2D eigenvalue weighted by molar-refractivity contribution is 0.187. The maximum absolute atomic E-state index is 6.64. The van der Waals surface area contributed by atoms with E-state index >= 15 is 0 Å². The van der Waals surface area contributed by atoms with Crippen molar-refractivity contribution >= 4 is 24.2 Å². The van der Waals surface area contributed by atoms with Crippen LogP contribution in [0.25, 0.3) is 0 Å². The van der Waals surface area contributed by atoms with E-state index in [2.05, 4.69) is 44.9 Å². The third-order valence-corrected chi connectivity index (χ3v) is 8.33. The average molecular weight is 354 g/mol. The van der Waals surface area contributed by atoms with Gasteiger partial charge in [-0.15, -0.1) is 0 Å². The number of benzene rings is 1. The first kappa shape index (κ1) is 13.7. The van der Waals surface area contributed by atoms with E-state index in [9.17, 15) is 0 Å². The minimum atomic E-state index is -0.349. The first-order valence-corrected chi connectivity index (χ1v) is 9.87. The van der Waals surface area contributed by atoms with Crippen LogP contribution in [0.5, 0.6) is 0 Å². The van der Waals surface area contributed by atoms with Gasteiger partial charge in [-0.05, 0) is 43.2 Å². The van der Waals surface area contributed by atoms with Crippen molar-refractivity contribution in [1.82, 2.24) is 4.67 Å². The summed E-state index contributed by atoms with van der Waals surface area (Å²) in [6.45, 7) is 2.52. The van der Waals surface area contributed by atoms with Crippen molar-refractivity contribution < 1.29 is 4.52 Å². The van der Waals surface area contributed by atoms with Gasteiger partial charge in [0.15, 0.2) is 0 Å². The Kier molecular flexibility index (Phi) is 3.89. The first-order chi connectivity index (χ1) is 9.84. The number of fused-ring (bicyclic) bond motifs is 1. The van der Waals surface area contributed by atoms with Crippen LogP contribution in [0.2, 0.25) is 0 Å². The SMILES string of the molecule is Brc1ccccc1[C@@H]1OP(N2CCCC2)C2CCCC21. The monoisotopic (exact) mass is 353 g/mol. The summed E-state index contributed by atoms with van der Waals surface area (Å²) in [4.78, 5) is 0. The molecule has 4 rings (SSSR count). The number of rotatable bonds is 2. The summed E-state index contributed by atoms with van der Waals surface area (Å²) < 4.78 is 10.5. The zero-order valence-electron chi connectivity index (χ0n) is 11.7. The zero-order chi connectivity index (χ0) is 13.5. The summed E-state index contributed by atoms with van der Waals surface area (Å²) in [5.41, 5.74) is 2.19. The Morgan fingerprint density at radius 2 is 1.90 bits per heavy atom. The van der Waals surface area contributed by atoms with Crippen LogP contribution in [0.3, 0.4) is 0 Å². The highest BCUT2D eigenvalue weighted by atomic mass is 79.9. The highest BCUT2D eigenvalue weighted by molar-refractivity contribution is 9.10. The smallest absolute Gasteiger partial charge is 0.108 e. The van der Waals surface area contributed by atoms with Crippen LogP contribution in [0.15, 0.2) is 28.7 Å². The fraction of sp³-hybridized carbons (Fsp3) is 0.625. The molecule has 1 aromatic rings. The molecular formula is C16H21BrNOP. The predicted octanol–water partition coefficient (Wildman–Crippen LogP) is 5.10. The van der Waals surface area contributed by atoms with E-state index in [4.69, 9.17) is 4.52 Å². The van der Waals surface area contributed by atoms with Gasteiger partial charge in [0.05, 0.1) is 6.10 Å². The summed E-state index contributed by atoms with van der Waals surface area (Å²) >= 11 is 3.72. The van der Waals surface area contributed by atoms with Gasteiger partial charge in [-0.1, -0.05) is 40.5 Å². The molecule has 2 nitrogen and oxygen atoms in total. The zero-order valence-corrected chi connectivity index (χ0v) is 14.2. The molecule has 108 valence electrons. The lowest BCUT2D eigenvalue weighted by Gasteiger charge is -2.26. The van der Waals surface area contributed by atoms with Crippen molar-refractivity contribution in [2.45, 2.75) is 43.9 Å². The van der Waals surface area contributed by atoms with Gasteiger partial charge in [0.2, 0.25) is 0 Å². The largest absolute Gasteiger partial charge is 0.335 e. The van der Waals surface area contributed by atoms with E-state index in [1.807, 2.05) is 0 Å². The Hall–Kier alpha value is 0.0500. The first-order valence-electron chi connectivity index (χ1n) is 7.80. The lowest BCUT2D eigenvalue weighted by atomic mass is 9.94. The van der Waals surface area contributed by atoms with E-state index in [1.165, 1.54) is 55.2 Å². The Labute approximate surface area is 130 Å². The topological polar surface area (TPSA) is 12.5 Å². The molecule has 0 spiro atoms. The fourth-order valence-electron chi connectivity index (χ4n) is 4.04. The summed E-state index contributed by atoms with van der Waals surface area (Å²) in [6.07, 6.45) is 7.17. The van der Waals surface area contributed by atoms with E-state index in [-0.39, 0.29) is 8.30 Å². The summed E-state index contributed by atoms with van der Waals surface area (Å²) in [6, 6.07) is 8.63. The minimum absolute atomic E-state index is 0.324. The second kappa shape index (κ2) is 5.68. The number of hydrogen-bond acceptors (Lipinski definition) is 2. The van der Waals surface area contributed by atoms with Gasteiger partial charge in [-0.2, -0.15) is 0 Å². The molecule has 3 unspecified atom stereocenters. The minimum Gasteiger partial charge on any atom is -0.335 e. The molecule has 1 aromatic carbocycles. The van der Waals surface area contributed by atoms with Crippen LogP contribution in [0.1, 0.15) is 43.8 Å². The van der Waals surface area contributed by atoms with Crippen LogP contribution in [0, 0.1) is 5.92 Å². The van der Waals surface area contributed by atoms with Crippen molar-refractivity contribution in [3.05, 3.63) is 34.3 Å². The Balaban J connectivity index is 1.63. The molecular weight excluding hydrogens is 333 g/mol. The average Bonchev–Trinajstić information content (AvgIpc) is 3.16. The van der Waals surface area contributed by atoms with Crippen LogP contribution >= 0.6 is 24.2 Å². The molecule has 2 aliphatic heterocycles. The van der Waals surface area contributed by atoms with Crippen molar-refractivity contribution in [2.24, 2.45) is 5.92 Å². The van der Waals surface area contributed by atoms with Gasteiger partial charge in [0.25, 0.3) is 0 Å². The summed E-state index contributed by atoms with van der Waals surface area (Å²) in [5.74, 6) is 0.750. The van der Waals surface area contributed by atoms with Crippen molar-refractivity contribution in [2.75, 3.05) is 13.1 Å². The normalized spacial score (nSPS) is 37.5. The highest BCUT2D eigenvalue weighted by Gasteiger charge is 2.50. The van der Waals surface area contributed by atoms with Crippen molar-refractivity contribution in [3.63, 3.8) is 0 Å².